The van der Waals surface area contributed by atoms with E-state index in [1.165, 1.54) is 12.0 Å². The highest BCUT2D eigenvalue weighted by molar-refractivity contribution is 7.10. The Morgan fingerprint density at radius 1 is 1.64 bits per heavy atom. The van der Waals surface area contributed by atoms with Gasteiger partial charge >= 0.3 is 0 Å². The van der Waals surface area contributed by atoms with Crippen LogP contribution < -0.4 is 0 Å². The van der Waals surface area contributed by atoms with Gasteiger partial charge in [0.25, 0.3) is 0 Å². The Bertz CT molecular complexity index is 297. The average Bonchev–Trinajstić information content (AvgIpc) is 2.64. The monoisotopic (exact) mass is 211 g/mol. The van der Waals surface area contributed by atoms with Crippen molar-refractivity contribution in [2.45, 2.75) is 19.9 Å². The molecule has 3 heteroatoms. The molecule has 2 rings (SSSR count). The molecule has 78 valence electrons. The lowest BCUT2D eigenvalue weighted by Crippen LogP contribution is -2.34. The number of thiophene rings is 1. The van der Waals surface area contributed by atoms with E-state index in [2.05, 4.69) is 23.3 Å². The van der Waals surface area contributed by atoms with Gasteiger partial charge in [-0.05, 0) is 29.3 Å². The lowest BCUT2D eigenvalue weighted by atomic mass is 10.1. The molecule has 0 fully saturated rings. The van der Waals surface area contributed by atoms with Gasteiger partial charge in [-0.3, -0.25) is 4.90 Å². The summed E-state index contributed by atoms with van der Waals surface area (Å²) in [4.78, 5) is 3.99. The van der Waals surface area contributed by atoms with Crippen LogP contribution in [0.15, 0.2) is 11.4 Å². The first-order valence-electron chi connectivity index (χ1n) is 5.18. The maximum atomic E-state index is 9.00. The summed E-state index contributed by atoms with van der Waals surface area (Å²) in [6.07, 6.45) is 1.19. The smallest absolute Gasteiger partial charge is 0.0468 e. The van der Waals surface area contributed by atoms with Crippen LogP contribution in [0, 0.1) is 5.92 Å². The van der Waals surface area contributed by atoms with Crippen molar-refractivity contribution in [1.82, 2.24) is 4.90 Å². The molecule has 1 aromatic rings. The van der Waals surface area contributed by atoms with Crippen LogP contribution in [-0.2, 0) is 13.0 Å². The lowest BCUT2D eigenvalue weighted by molar-refractivity contribution is 0.164. The minimum Gasteiger partial charge on any atom is -0.396 e. The van der Waals surface area contributed by atoms with Crippen LogP contribution in [-0.4, -0.2) is 29.7 Å². The van der Waals surface area contributed by atoms with Gasteiger partial charge in [0.15, 0.2) is 0 Å². The SMILES string of the molecule is CC(CO)CN1CCc2sccc2C1. The molecule has 0 aromatic carbocycles. The van der Waals surface area contributed by atoms with Crippen LogP contribution in [0.4, 0.5) is 0 Å². The molecule has 1 N–H and O–H groups in total. The third kappa shape index (κ3) is 2.16. The van der Waals surface area contributed by atoms with Crippen molar-refractivity contribution < 1.29 is 5.11 Å². The van der Waals surface area contributed by atoms with E-state index >= 15 is 0 Å². The zero-order valence-corrected chi connectivity index (χ0v) is 9.39. The van der Waals surface area contributed by atoms with E-state index in [0.717, 1.165) is 19.6 Å². The lowest BCUT2D eigenvalue weighted by Gasteiger charge is -2.28. The number of hydrogen-bond donors (Lipinski definition) is 1. The molecule has 14 heavy (non-hydrogen) atoms. The maximum Gasteiger partial charge on any atom is 0.0468 e. The van der Waals surface area contributed by atoms with Gasteiger partial charge in [0, 0.05) is 31.1 Å². The molecule has 2 heterocycles. The summed E-state index contributed by atoms with van der Waals surface area (Å²) in [7, 11) is 0. The van der Waals surface area contributed by atoms with Gasteiger partial charge in [-0.15, -0.1) is 11.3 Å². The quantitative estimate of drug-likeness (QED) is 0.823. The summed E-state index contributed by atoms with van der Waals surface area (Å²) in [5, 5.41) is 11.2. The molecule has 0 aliphatic carbocycles. The van der Waals surface area contributed by atoms with Crippen LogP contribution >= 0.6 is 11.3 Å². The average molecular weight is 211 g/mol. The number of aliphatic hydroxyl groups is 1. The number of fused-ring (bicyclic) bond motifs is 1. The predicted molar refractivity (Wildman–Crippen MR) is 59.5 cm³/mol. The fraction of sp³-hybridized carbons (Fsp3) is 0.636. The minimum absolute atomic E-state index is 0.299. The number of hydrogen-bond acceptors (Lipinski definition) is 3. The van der Waals surface area contributed by atoms with Crippen LogP contribution in [0.2, 0.25) is 0 Å². The molecule has 1 aliphatic rings. The third-order valence-electron chi connectivity index (χ3n) is 2.77. The Balaban J connectivity index is 1.94. The molecule has 1 aliphatic heterocycles. The van der Waals surface area contributed by atoms with Crippen molar-refractivity contribution in [2.75, 3.05) is 19.7 Å². The van der Waals surface area contributed by atoms with E-state index in [4.69, 9.17) is 5.11 Å². The van der Waals surface area contributed by atoms with Crippen molar-refractivity contribution in [3.8, 4) is 0 Å². The predicted octanol–water partition coefficient (Wildman–Crippen LogP) is 1.73. The minimum atomic E-state index is 0.299. The molecular weight excluding hydrogens is 194 g/mol. The number of nitrogens with zero attached hydrogens (tertiary/aromatic N) is 1. The molecule has 1 aromatic heterocycles. The first-order chi connectivity index (χ1) is 6.79. The van der Waals surface area contributed by atoms with Crippen LogP contribution in [0.25, 0.3) is 0 Å². The molecule has 0 amide bonds. The Labute approximate surface area is 89.2 Å². The second-order valence-electron chi connectivity index (χ2n) is 4.14. The van der Waals surface area contributed by atoms with Gasteiger partial charge in [-0.2, -0.15) is 0 Å². The Hall–Kier alpha value is -0.380. The molecule has 0 spiro atoms. The molecular formula is C11H17NOS. The van der Waals surface area contributed by atoms with Crippen LogP contribution in [0.5, 0.6) is 0 Å². The van der Waals surface area contributed by atoms with Crippen molar-refractivity contribution >= 4 is 11.3 Å². The van der Waals surface area contributed by atoms with Gasteiger partial charge in [-0.1, -0.05) is 6.92 Å². The number of rotatable bonds is 3. The largest absolute Gasteiger partial charge is 0.396 e. The normalized spacial score (nSPS) is 19.3. The Kier molecular flexibility index (Phi) is 3.21. The van der Waals surface area contributed by atoms with Gasteiger partial charge < -0.3 is 5.11 Å². The summed E-state index contributed by atoms with van der Waals surface area (Å²) in [6.45, 7) is 5.64. The van der Waals surface area contributed by atoms with Crippen molar-refractivity contribution in [2.24, 2.45) is 5.92 Å². The molecule has 1 unspecified atom stereocenters. The van der Waals surface area contributed by atoms with Gasteiger partial charge in [0.05, 0.1) is 0 Å². The van der Waals surface area contributed by atoms with Gasteiger partial charge in [-0.25, -0.2) is 0 Å². The van der Waals surface area contributed by atoms with Gasteiger partial charge in [0.1, 0.15) is 0 Å². The summed E-state index contributed by atoms with van der Waals surface area (Å²) in [5.41, 5.74) is 1.49. The molecule has 0 saturated carbocycles. The van der Waals surface area contributed by atoms with E-state index in [0.29, 0.717) is 12.5 Å². The van der Waals surface area contributed by atoms with Gasteiger partial charge in [0.2, 0.25) is 0 Å². The first kappa shape index (κ1) is 10.1. The highest BCUT2D eigenvalue weighted by Gasteiger charge is 2.18. The van der Waals surface area contributed by atoms with Crippen molar-refractivity contribution in [1.29, 1.82) is 0 Å². The highest BCUT2D eigenvalue weighted by atomic mass is 32.1. The second kappa shape index (κ2) is 4.43. The van der Waals surface area contributed by atoms with E-state index in [9.17, 15) is 0 Å². The van der Waals surface area contributed by atoms with Crippen molar-refractivity contribution in [3.05, 3.63) is 21.9 Å². The number of aliphatic hydroxyl groups excluding tert-OH is 1. The maximum absolute atomic E-state index is 9.00. The summed E-state index contributed by atoms with van der Waals surface area (Å²) >= 11 is 1.88. The molecule has 2 nitrogen and oxygen atoms in total. The molecule has 1 atom stereocenters. The summed E-state index contributed by atoms with van der Waals surface area (Å²) < 4.78 is 0. The fourth-order valence-corrected chi connectivity index (χ4v) is 2.85. The third-order valence-corrected chi connectivity index (χ3v) is 3.79. The fourth-order valence-electron chi connectivity index (χ4n) is 1.96. The van der Waals surface area contributed by atoms with E-state index in [-0.39, 0.29) is 0 Å². The topological polar surface area (TPSA) is 23.5 Å². The summed E-state index contributed by atoms with van der Waals surface area (Å²) in [6, 6.07) is 2.23. The zero-order valence-electron chi connectivity index (χ0n) is 8.57. The molecule has 0 bridgehead atoms. The summed E-state index contributed by atoms with van der Waals surface area (Å²) in [5.74, 6) is 0.398. The Morgan fingerprint density at radius 2 is 2.50 bits per heavy atom. The van der Waals surface area contributed by atoms with E-state index in [1.54, 1.807) is 4.88 Å². The van der Waals surface area contributed by atoms with Crippen LogP contribution in [0.1, 0.15) is 17.4 Å². The van der Waals surface area contributed by atoms with E-state index < -0.39 is 0 Å². The molecule has 0 radical (unpaired) electrons. The second-order valence-corrected chi connectivity index (χ2v) is 5.14. The molecule has 0 saturated heterocycles. The first-order valence-corrected chi connectivity index (χ1v) is 6.06. The highest BCUT2D eigenvalue weighted by Crippen LogP contribution is 2.24. The van der Waals surface area contributed by atoms with Crippen molar-refractivity contribution in [3.63, 3.8) is 0 Å². The van der Waals surface area contributed by atoms with E-state index in [1.807, 2.05) is 11.3 Å². The zero-order chi connectivity index (χ0) is 9.97. The Morgan fingerprint density at radius 3 is 3.29 bits per heavy atom. The standard InChI is InChI=1S/C11H17NOS/c1-9(8-13)6-12-4-2-11-10(7-12)3-5-14-11/h3,5,9,13H,2,4,6-8H2,1H3. The van der Waals surface area contributed by atoms with Crippen LogP contribution in [0.3, 0.4) is 0 Å².